The minimum atomic E-state index is -1.28. The Hall–Kier alpha value is -3.62. The molecule has 1 N–H and O–H groups in total. The van der Waals surface area contributed by atoms with Crippen LogP contribution in [-0.2, 0) is 7.05 Å². The summed E-state index contributed by atoms with van der Waals surface area (Å²) >= 11 is 0. The molecule has 0 bridgehead atoms. The molecule has 9 heteroatoms. The summed E-state index contributed by atoms with van der Waals surface area (Å²) in [5.74, 6) is -1.28. The van der Waals surface area contributed by atoms with Crippen molar-refractivity contribution >= 4 is 34.8 Å². The molecule has 3 rings (SSSR count). The van der Waals surface area contributed by atoms with Crippen LogP contribution < -0.4 is 0 Å². The quantitative estimate of drug-likeness (QED) is 0.575. The van der Waals surface area contributed by atoms with Gasteiger partial charge in [-0.2, -0.15) is 0 Å². The fraction of sp³-hybridized carbons (Fsp3) is 0.0667. The van der Waals surface area contributed by atoms with Crippen LogP contribution in [0.4, 0.5) is 5.69 Å². The Morgan fingerprint density at radius 3 is 2.83 bits per heavy atom. The smallest absolute Gasteiger partial charge is 0.338 e. The Labute approximate surface area is 135 Å². The van der Waals surface area contributed by atoms with Crippen molar-refractivity contribution in [3.05, 3.63) is 57.4 Å². The molecule has 0 radical (unpaired) electrons. The van der Waals surface area contributed by atoms with Crippen LogP contribution in [0.2, 0.25) is 0 Å². The number of carbonyl (C=O) groups is 1. The largest absolute Gasteiger partial charge is 0.478 e. The zero-order valence-corrected chi connectivity index (χ0v) is 12.4. The van der Waals surface area contributed by atoms with Crippen LogP contribution in [0.25, 0.3) is 23.2 Å². The molecule has 0 fully saturated rings. The Bertz CT molecular complexity index is 993. The summed E-state index contributed by atoms with van der Waals surface area (Å²) in [4.78, 5) is 25.2. The molecule has 0 aliphatic heterocycles. The molecule has 2 heterocycles. The molecule has 120 valence electrons. The van der Waals surface area contributed by atoms with Crippen molar-refractivity contribution in [2.45, 2.75) is 0 Å². The molecule has 0 aliphatic rings. The van der Waals surface area contributed by atoms with Crippen molar-refractivity contribution in [3.8, 4) is 0 Å². The van der Waals surface area contributed by atoms with E-state index < -0.39 is 10.9 Å². The van der Waals surface area contributed by atoms with Crippen LogP contribution in [0.1, 0.15) is 21.6 Å². The molecule has 0 spiro atoms. The molecule has 0 saturated heterocycles. The van der Waals surface area contributed by atoms with Crippen LogP contribution in [0.15, 0.2) is 30.5 Å². The number of aromatic nitrogens is 4. The molecule has 0 unspecified atom stereocenters. The number of aromatic carboxylic acids is 1. The van der Waals surface area contributed by atoms with Crippen LogP contribution in [-0.4, -0.2) is 36.0 Å². The van der Waals surface area contributed by atoms with E-state index in [-0.39, 0.29) is 16.9 Å². The standard InChI is InChI=1S/C15H11N5O4/c1-19-14-5-3-9(6-13(14)17-18-19)2-4-12-11(15(21)22)7-10(8-16-12)20(23)24/h2-8H,1H3,(H,21,22). The predicted molar refractivity (Wildman–Crippen MR) is 85.3 cm³/mol. The highest BCUT2D eigenvalue weighted by Crippen LogP contribution is 2.19. The summed E-state index contributed by atoms with van der Waals surface area (Å²) in [5.41, 5.74) is 1.87. The monoisotopic (exact) mass is 325 g/mol. The van der Waals surface area contributed by atoms with E-state index in [2.05, 4.69) is 15.3 Å². The number of nitrogens with zero attached hydrogens (tertiary/aromatic N) is 5. The normalized spacial score (nSPS) is 11.2. The third-order valence-corrected chi connectivity index (χ3v) is 3.41. The average molecular weight is 325 g/mol. The molecule has 2 aromatic heterocycles. The van der Waals surface area contributed by atoms with Crippen molar-refractivity contribution in [2.75, 3.05) is 0 Å². The van der Waals surface area contributed by atoms with Gasteiger partial charge in [-0.15, -0.1) is 5.10 Å². The minimum absolute atomic E-state index is 0.132. The number of aryl methyl sites for hydroxylation is 1. The second-order valence-corrected chi connectivity index (χ2v) is 4.98. The van der Waals surface area contributed by atoms with Gasteiger partial charge < -0.3 is 5.11 Å². The van der Waals surface area contributed by atoms with Gasteiger partial charge in [0.25, 0.3) is 5.69 Å². The van der Waals surface area contributed by atoms with E-state index in [1.807, 2.05) is 12.1 Å². The summed E-state index contributed by atoms with van der Waals surface area (Å²) in [5, 5.41) is 27.8. The van der Waals surface area contributed by atoms with Crippen LogP contribution in [0.5, 0.6) is 0 Å². The Morgan fingerprint density at radius 1 is 1.33 bits per heavy atom. The number of fused-ring (bicyclic) bond motifs is 1. The molecular weight excluding hydrogens is 314 g/mol. The number of pyridine rings is 1. The van der Waals surface area contributed by atoms with Gasteiger partial charge in [0, 0.05) is 13.1 Å². The van der Waals surface area contributed by atoms with Crippen molar-refractivity contribution in [1.82, 2.24) is 20.0 Å². The molecule has 1 aromatic carbocycles. The second kappa shape index (κ2) is 5.88. The van der Waals surface area contributed by atoms with Gasteiger partial charge in [0.1, 0.15) is 11.7 Å². The second-order valence-electron chi connectivity index (χ2n) is 4.98. The molecule has 9 nitrogen and oxygen atoms in total. The lowest BCUT2D eigenvalue weighted by Crippen LogP contribution is -2.03. The maximum atomic E-state index is 11.3. The highest BCUT2D eigenvalue weighted by molar-refractivity contribution is 5.93. The van der Waals surface area contributed by atoms with E-state index in [9.17, 15) is 20.0 Å². The van der Waals surface area contributed by atoms with Crippen LogP contribution in [0.3, 0.4) is 0 Å². The van der Waals surface area contributed by atoms with Gasteiger partial charge in [-0.25, -0.2) is 14.5 Å². The first-order valence-corrected chi connectivity index (χ1v) is 6.81. The van der Waals surface area contributed by atoms with Gasteiger partial charge in [-0.05, 0) is 23.8 Å². The summed E-state index contributed by atoms with van der Waals surface area (Å²) in [7, 11) is 1.78. The van der Waals surface area contributed by atoms with Crippen LogP contribution in [0, 0.1) is 10.1 Å². The summed E-state index contributed by atoms with van der Waals surface area (Å²) in [6, 6.07) is 6.45. The Morgan fingerprint density at radius 2 is 2.12 bits per heavy atom. The van der Waals surface area contributed by atoms with Crippen molar-refractivity contribution in [2.24, 2.45) is 7.05 Å². The third kappa shape index (κ3) is 2.82. The summed E-state index contributed by atoms with van der Waals surface area (Å²) in [6.45, 7) is 0. The first kappa shape index (κ1) is 15.3. The van der Waals surface area contributed by atoms with E-state index in [1.54, 1.807) is 23.9 Å². The maximum absolute atomic E-state index is 11.3. The lowest BCUT2D eigenvalue weighted by molar-refractivity contribution is -0.385. The lowest BCUT2D eigenvalue weighted by Gasteiger charge is -2.00. The van der Waals surface area contributed by atoms with Gasteiger partial charge in [0.15, 0.2) is 0 Å². The summed E-state index contributed by atoms with van der Waals surface area (Å²) in [6.07, 6.45) is 4.18. The molecule has 24 heavy (non-hydrogen) atoms. The number of hydrogen-bond donors (Lipinski definition) is 1. The molecule has 0 amide bonds. The number of rotatable bonds is 4. The van der Waals surface area contributed by atoms with E-state index in [1.165, 1.54) is 6.08 Å². The maximum Gasteiger partial charge on any atom is 0.338 e. The highest BCUT2D eigenvalue weighted by atomic mass is 16.6. The van der Waals surface area contributed by atoms with Gasteiger partial charge in [-0.1, -0.05) is 17.4 Å². The first-order valence-electron chi connectivity index (χ1n) is 6.81. The van der Waals surface area contributed by atoms with E-state index >= 15 is 0 Å². The van der Waals surface area contributed by atoms with Gasteiger partial charge in [0.05, 0.1) is 21.7 Å². The molecule has 0 atom stereocenters. The number of nitro groups is 1. The average Bonchev–Trinajstić information content (AvgIpc) is 2.93. The molecule has 3 aromatic rings. The number of benzene rings is 1. The van der Waals surface area contributed by atoms with Crippen molar-refractivity contribution < 1.29 is 14.8 Å². The topological polar surface area (TPSA) is 124 Å². The number of carboxylic acid groups (broad SMARTS) is 1. The highest BCUT2D eigenvalue weighted by Gasteiger charge is 2.15. The van der Waals surface area contributed by atoms with Gasteiger partial charge in [0.2, 0.25) is 0 Å². The fourth-order valence-corrected chi connectivity index (χ4v) is 2.20. The van der Waals surface area contributed by atoms with Crippen molar-refractivity contribution in [1.29, 1.82) is 0 Å². The minimum Gasteiger partial charge on any atom is -0.478 e. The number of hydrogen-bond acceptors (Lipinski definition) is 6. The molecule has 0 aliphatic carbocycles. The lowest BCUT2D eigenvalue weighted by atomic mass is 10.1. The van der Waals surface area contributed by atoms with E-state index in [0.29, 0.717) is 5.52 Å². The third-order valence-electron chi connectivity index (χ3n) is 3.41. The predicted octanol–water partition coefficient (Wildman–Crippen LogP) is 2.14. The summed E-state index contributed by atoms with van der Waals surface area (Å²) < 4.78 is 1.64. The zero-order valence-electron chi connectivity index (χ0n) is 12.4. The van der Waals surface area contributed by atoms with Crippen molar-refractivity contribution in [3.63, 3.8) is 0 Å². The van der Waals surface area contributed by atoms with Gasteiger partial charge >= 0.3 is 5.97 Å². The van der Waals surface area contributed by atoms with E-state index in [4.69, 9.17) is 0 Å². The first-order chi connectivity index (χ1) is 11.5. The Kier molecular flexibility index (Phi) is 3.74. The number of carboxylic acids is 1. The Balaban J connectivity index is 1.97. The molecular formula is C15H11N5O4. The SMILES string of the molecule is Cn1nnc2cc(C=Cc3ncc([N+](=O)[O-])cc3C(=O)O)ccc21. The van der Waals surface area contributed by atoms with Gasteiger partial charge in [-0.3, -0.25) is 10.1 Å². The van der Waals surface area contributed by atoms with Crippen LogP contribution >= 0.6 is 0 Å². The zero-order chi connectivity index (χ0) is 17.3. The van der Waals surface area contributed by atoms with E-state index in [0.717, 1.165) is 23.3 Å². The molecule has 0 saturated carbocycles. The fourth-order valence-electron chi connectivity index (χ4n) is 2.20.